The number of aryl methyl sites for hydroxylation is 1. The first-order valence-electron chi connectivity index (χ1n) is 5.85. The molecule has 1 heterocycles. The first-order chi connectivity index (χ1) is 8.39. The maximum atomic E-state index is 11.6. The van der Waals surface area contributed by atoms with E-state index in [0.717, 1.165) is 0 Å². The maximum Gasteiger partial charge on any atom is 0.221 e. The Kier molecular flexibility index (Phi) is 5.24. The van der Waals surface area contributed by atoms with Crippen LogP contribution in [0.15, 0.2) is 12.7 Å². The molecular weight excluding hydrogens is 234 g/mol. The second-order valence-electron chi connectivity index (χ2n) is 4.92. The largest absolute Gasteiger partial charge is 0.387 e. The van der Waals surface area contributed by atoms with Crippen molar-refractivity contribution in [3.8, 4) is 0 Å². The van der Waals surface area contributed by atoms with Crippen LogP contribution in [0.3, 0.4) is 0 Å². The lowest BCUT2D eigenvalue weighted by atomic mass is 10.1. The molecule has 0 saturated carbocycles. The monoisotopic (exact) mass is 255 g/mol. The van der Waals surface area contributed by atoms with E-state index >= 15 is 0 Å². The molecule has 0 saturated heterocycles. The van der Waals surface area contributed by atoms with E-state index in [1.807, 2.05) is 19.0 Å². The van der Waals surface area contributed by atoms with Crippen LogP contribution in [0.4, 0.5) is 0 Å². The quantitative estimate of drug-likeness (QED) is 0.659. The van der Waals surface area contributed by atoms with Crippen LogP contribution in [0.5, 0.6) is 0 Å². The van der Waals surface area contributed by atoms with Crippen LogP contribution in [0.1, 0.15) is 13.3 Å². The van der Waals surface area contributed by atoms with Gasteiger partial charge < -0.3 is 15.3 Å². The molecule has 1 aromatic rings. The van der Waals surface area contributed by atoms with Gasteiger partial charge in [-0.3, -0.25) is 9.48 Å². The predicted octanol–water partition coefficient (Wildman–Crippen LogP) is -0.903. The fraction of sp³-hybridized carbons (Fsp3) is 0.727. The van der Waals surface area contributed by atoms with Crippen LogP contribution >= 0.6 is 0 Å². The Balaban J connectivity index is 2.24. The van der Waals surface area contributed by atoms with E-state index in [-0.39, 0.29) is 12.5 Å². The van der Waals surface area contributed by atoms with Crippen molar-refractivity contribution in [2.75, 3.05) is 27.2 Å². The van der Waals surface area contributed by atoms with Crippen molar-refractivity contribution in [1.82, 2.24) is 25.0 Å². The summed E-state index contributed by atoms with van der Waals surface area (Å²) in [7, 11) is 3.75. The maximum absolute atomic E-state index is 11.6. The minimum atomic E-state index is -0.924. The van der Waals surface area contributed by atoms with E-state index in [1.54, 1.807) is 17.9 Å². The molecule has 18 heavy (non-hydrogen) atoms. The highest BCUT2D eigenvalue weighted by Crippen LogP contribution is 2.02. The average Bonchev–Trinajstić information content (AvgIpc) is 2.74. The van der Waals surface area contributed by atoms with Crippen molar-refractivity contribution in [1.29, 1.82) is 0 Å². The van der Waals surface area contributed by atoms with Crippen molar-refractivity contribution in [2.24, 2.45) is 0 Å². The predicted molar refractivity (Wildman–Crippen MR) is 66.8 cm³/mol. The summed E-state index contributed by atoms with van der Waals surface area (Å²) >= 11 is 0. The van der Waals surface area contributed by atoms with Crippen LogP contribution in [0.25, 0.3) is 0 Å². The van der Waals surface area contributed by atoms with Crippen molar-refractivity contribution in [2.45, 2.75) is 25.5 Å². The Morgan fingerprint density at radius 3 is 2.83 bits per heavy atom. The number of hydrogen-bond donors (Lipinski definition) is 2. The van der Waals surface area contributed by atoms with E-state index in [2.05, 4.69) is 15.4 Å². The van der Waals surface area contributed by atoms with E-state index in [1.165, 1.54) is 6.33 Å². The first kappa shape index (κ1) is 14.6. The third kappa shape index (κ3) is 5.74. The summed E-state index contributed by atoms with van der Waals surface area (Å²) in [4.78, 5) is 17.2. The second-order valence-corrected chi connectivity index (χ2v) is 4.92. The zero-order chi connectivity index (χ0) is 13.6. The third-order valence-corrected chi connectivity index (χ3v) is 2.36. The van der Waals surface area contributed by atoms with Gasteiger partial charge >= 0.3 is 0 Å². The molecule has 0 aromatic carbocycles. The van der Waals surface area contributed by atoms with Gasteiger partial charge in [-0.2, -0.15) is 5.10 Å². The normalized spacial score (nSPS) is 14.5. The van der Waals surface area contributed by atoms with Crippen LogP contribution in [-0.4, -0.2) is 63.5 Å². The van der Waals surface area contributed by atoms with Crippen molar-refractivity contribution >= 4 is 5.91 Å². The molecule has 7 nitrogen and oxygen atoms in total. The molecule has 102 valence electrons. The van der Waals surface area contributed by atoms with Crippen molar-refractivity contribution in [3.63, 3.8) is 0 Å². The molecule has 0 fully saturated rings. The van der Waals surface area contributed by atoms with Gasteiger partial charge in [-0.05, 0) is 21.0 Å². The molecule has 0 aliphatic rings. The van der Waals surface area contributed by atoms with Gasteiger partial charge in [0.15, 0.2) is 0 Å². The van der Waals surface area contributed by atoms with Crippen LogP contribution in [0.2, 0.25) is 0 Å². The van der Waals surface area contributed by atoms with Crippen LogP contribution < -0.4 is 5.32 Å². The summed E-state index contributed by atoms with van der Waals surface area (Å²) in [5, 5.41) is 16.6. The number of nitrogens with zero attached hydrogens (tertiary/aromatic N) is 4. The average molecular weight is 255 g/mol. The minimum Gasteiger partial charge on any atom is -0.387 e. The number of carbonyl (C=O) groups is 1. The molecule has 0 aliphatic heterocycles. The molecule has 1 amide bonds. The molecule has 1 unspecified atom stereocenters. The zero-order valence-electron chi connectivity index (χ0n) is 11.1. The van der Waals surface area contributed by atoms with Crippen LogP contribution in [0, 0.1) is 0 Å². The molecule has 2 N–H and O–H groups in total. The van der Waals surface area contributed by atoms with Gasteiger partial charge in [-0.25, -0.2) is 4.98 Å². The van der Waals surface area contributed by atoms with E-state index in [9.17, 15) is 9.90 Å². The number of rotatable bonds is 7. The molecule has 0 radical (unpaired) electrons. The topological polar surface area (TPSA) is 83.3 Å². The molecule has 1 atom stereocenters. The molecule has 1 rings (SSSR count). The zero-order valence-corrected chi connectivity index (χ0v) is 11.1. The Morgan fingerprint density at radius 2 is 2.28 bits per heavy atom. The lowest BCUT2D eigenvalue weighted by Gasteiger charge is -2.27. The van der Waals surface area contributed by atoms with Crippen LogP contribution in [-0.2, 0) is 11.3 Å². The second kappa shape index (κ2) is 6.46. The fourth-order valence-corrected chi connectivity index (χ4v) is 1.68. The standard InChI is InChI=1S/C11H21N5O2/c1-11(18,7-15(2)3)6-13-10(17)4-5-16-9-12-8-14-16/h8-9,18H,4-7H2,1-3H3,(H,13,17). The van der Waals surface area contributed by atoms with Gasteiger partial charge in [-0.1, -0.05) is 0 Å². The van der Waals surface area contributed by atoms with Gasteiger partial charge in [0.25, 0.3) is 0 Å². The lowest BCUT2D eigenvalue weighted by Crippen LogP contribution is -2.47. The molecule has 7 heteroatoms. The van der Waals surface area contributed by atoms with Gasteiger partial charge in [0.05, 0.1) is 12.1 Å². The highest BCUT2D eigenvalue weighted by Gasteiger charge is 2.21. The summed E-state index contributed by atoms with van der Waals surface area (Å²) in [6.45, 7) is 2.92. The van der Waals surface area contributed by atoms with E-state index < -0.39 is 5.60 Å². The minimum absolute atomic E-state index is 0.107. The third-order valence-electron chi connectivity index (χ3n) is 2.36. The SMILES string of the molecule is CN(C)CC(C)(O)CNC(=O)CCn1cncn1. The Hall–Kier alpha value is -1.47. The van der Waals surface area contributed by atoms with Gasteiger partial charge in [0, 0.05) is 19.5 Å². The number of nitrogens with one attached hydrogen (secondary N) is 1. The number of aromatic nitrogens is 3. The van der Waals surface area contributed by atoms with Gasteiger partial charge in [0.1, 0.15) is 12.7 Å². The Bertz CT molecular complexity index is 362. The Morgan fingerprint density at radius 1 is 1.56 bits per heavy atom. The van der Waals surface area contributed by atoms with Crippen molar-refractivity contribution in [3.05, 3.63) is 12.7 Å². The number of carbonyl (C=O) groups excluding carboxylic acids is 1. The molecule has 0 bridgehead atoms. The highest BCUT2D eigenvalue weighted by molar-refractivity contribution is 5.75. The molecule has 0 spiro atoms. The lowest BCUT2D eigenvalue weighted by molar-refractivity contribution is -0.122. The summed E-state index contributed by atoms with van der Waals surface area (Å²) in [5.41, 5.74) is -0.924. The van der Waals surface area contributed by atoms with E-state index in [4.69, 9.17) is 0 Å². The molecule has 0 aliphatic carbocycles. The number of amides is 1. The fourth-order valence-electron chi connectivity index (χ4n) is 1.68. The van der Waals surface area contributed by atoms with Crippen molar-refractivity contribution < 1.29 is 9.90 Å². The smallest absolute Gasteiger partial charge is 0.221 e. The summed E-state index contributed by atoms with van der Waals surface area (Å²) in [5.74, 6) is -0.107. The first-order valence-corrected chi connectivity index (χ1v) is 5.85. The highest BCUT2D eigenvalue weighted by atomic mass is 16.3. The number of hydrogen-bond acceptors (Lipinski definition) is 5. The number of aliphatic hydroxyl groups is 1. The summed E-state index contributed by atoms with van der Waals surface area (Å²) < 4.78 is 1.59. The van der Waals surface area contributed by atoms with E-state index in [0.29, 0.717) is 19.5 Å². The van der Waals surface area contributed by atoms with Gasteiger partial charge in [0.2, 0.25) is 5.91 Å². The summed E-state index contributed by atoms with van der Waals surface area (Å²) in [6, 6.07) is 0. The van der Waals surface area contributed by atoms with Gasteiger partial charge in [-0.15, -0.1) is 0 Å². The molecule has 1 aromatic heterocycles. The number of likely N-dealkylation sites (N-methyl/N-ethyl adjacent to an activating group) is 1. The Labute approximate surface area is 107 Å². The summed E-state index contributed by atoms with van der Waals surface area (Å²) in [6.07, 6.45) is 3.32. The molecular formula is C11H21N5O2.